The number of esters is 3. The van der Waals surface area contributed by atoms with Gasteiger partial charge in [0.2, 0.25) is 5.76 Å². The Labute approximate surface area is 279 Å². The molecule has 0 aromatic carbocycles. The monoisotopic (exact) mass is 656 g/mol. The molecule has 10 atom stereocenters. The van der Waals surface area contributed by atoms with Crippen molar-refractivity contribution in [2.24, 2.45) is 50.2 Å². The summed E-state index contributed by atoms with van der Waals surface area (Å²) in [5.74, 6) is -2.41. The van der Waals surface area contributed by atoms with Gasteiger partial charge < -0.3 is 29.5 Å². The zero-order valence-electron chi connectivity index (χ0n) is 29.6. The second-order valence-corrected chi connectivity index (χ2v) is 18.1. The summed E-state index contributed by atoms with van der Waals surface area (Å²) in [4.78, 5) is 37.9. The van der Waals surface area contributed by atoms with E-state index in [9.17, 15) is 29.7 Å². The minimum absolute atomic E-state index is 0.00995. The Morgan fingerprint density at radius 1 is 0.957 bits per heavy atom. The van der Waals surface area contributed by atoms with Crippen LogP contribution in [0.5, 0.6) is 0 Å². The average Bonchev–Trinajstić information content (AvgIpc) is 3.24. The van der Waals surface area contributed by atoms with Gasteiger partial charge in [-0.2, -0.15) is 0 Å². The van der Waals surface area contributed by atoms with E-state index in [4.69, 9.17) is 14.2 Å². The lowest BCUT2D eigenvalue weighted by molar-refractivity contribution is -0.214. The van der Waals surface area contributed by atoms with E-state index in [1.54, 1.807) is 0 Å². The van der Waals surface area contributed by atoms with E-state index in [1.807, 2.05) is 0 Å². The number of aliphatic hydroxyl groups excluding tert-OH is 3. The summed E-state index contributed by atoms with van der Waals surface area (Å²) < 4.78 is 16.6. The van der Waals surface area contributed by atoms with Crippen molar-refractivity contribution in [3.8, 4) is 0 Å². The van der Waals surface area contributed by atoms with E-state index in [1.165, 1.54) is 12.5 Å². The van der Waals surface area contributed by atoms with E-state index in [-0.39, 0.29) is 51.0 Å². The lowest BCUT2D eigenvalue weighted by Gasteiger charge is -2.71. The summed E-state index contributed by atoms with van der Waals surface area (Å²) in [7, 11) is 0. The molecule has 0 aromatic rings. The van der Waals surface area contributed by atoms with Crippen molar-refractivity contribution >= 4 is 17.9 Å². The Balaban J connectivity index is 1.29. The van der Waals surface area contributed by atoms with Crippen molar-refractivity contribution in [1.29, 1.82) is 0 Å². The van der Waals surface area contributed by atoms with Crippen LogP contribution < -0.4 is 0 Å². The first-order valence-electron chi connectivity index (χ1n) is 17.8. The van der Waals surface area contributed by atoms with E-state index in [0.29, 0.717) is 24.7 Å². The topological polar surface area (TPSA) is 140 Å². The molecular weight excluding hydrogens is 600 g/mol. The van der Waals surface area contributed by atoms with Gasteiger partial charge in [0.15, 0.2) is 11.9 Å². The molecule has 0 spiro atoms. The number of hydrogen-bond donors (Lipinski definition) is 3. The highest BCUT2D eigenvalue weighted by atomic mass is 16.6. The second kappa shape index (κ2) is 11.0. The quantitative estimate of drug-likeness (QED) is 0.164. The summed E-state index contributed by atoms with van der Waals surface area (Å²) in [6, 6.07) is 0. The summed E-state index contributed by atoms with van der Waals surface area (Å²) in [5, 5.41) is 30.4. The molecule has 9 nitrogen and oxygen atoms in total. The minimum atomic E-state index is -1.50. The third-order valence-corrected chi connectivity index (χ3v) is 15.0. The molecule has 9 heteroatoms. The first kappa shape index (κ1) is 34.3. The SMILES string of the molecule is CC(=O)O[C@H]1CC[C@@]2(C)C(CC[C@]3(C)C2CC=C2[C@@H]4CC(C)(C)CC[C@]4(C(=O)OC[C@H](O)C4OC(=O)C(O)=C4O)CC[C@]23C)C1(C)C. The van der Waals surface area contributed by atoms with Crippen LogP contribution in [0.1, 0.15) is 120 Å². The summed E-state index contributed by atoms with van der Waals surface area (Å²) in [6.45, 7) is 17.7. The number of hydrogen-bond acceptors (Lipinski definition) is 9. The molecule has 4 fully saturated rings. The van der Waals surface area contributed by atoms with Gasteiger partial charge in [-0.25, -0.2) is 4.79 Å². The third kappa shape index (κ3) is 4.90. The fourth-order valence-electron chi connectivity index (χ4n) is 12.1. The van der Waals surface area contributed by atoms with Crippen molar-refractivity contribution in [1.82, 2.24) is 0 Å². The predicted octanol–water partition coefficient (Wildman–Crippen LogP) is 6.88. The fourth-order valence-corrected chi connectivity index (χ4v) is 12.1. The van der Waals surface area contributed by atoms with Crippen molar-refractivity contribution in [2.75, 3.05) is 6.61 Å². The molecule has 3 N–H and O–H groups in total. The van der Waals surface area contributed by atoms with Crippen LogP contribution in [0.15, 0.2) is 23.2 Å². The van der Waals surface area contributed by atoms with Gasteiger partial charge in [-0.3, -0.25) is 9.59 Å². The summed E-state index contributed by atoms with van der Waals surface area (Å²) in [5.41, 5.74) is 0.675. The molecule has 0 radical (unpaired) electrons. The number of cyclic esters (lactones) is 1. The zero-order valence-corrected chi connectivity index (χ0v) is 29.6. The highest BCUT2D eigenvalue weighted by molar-refractivity contribution is 5.89. The van der Waals surface area contributed by atoms with Crippen LogP contribution in [-0.4, -0.2) is 58.1 Å². The number of allylic oxidation sites excluding steroid dienone is 2. The van der Waals surface area contributed by atoms with E-state index in [2.05, 4.69) is 54.5 Å². The lowest BCUT2D eigenvalue weighted by Crippen LogP contribution is -2.65. The summed E-state index contributed by atoms with van der Waals surface area (Å²) in [6.07, 6.45) is 8.55. The Bertz CT molecular complexity index is 1410. The van der Waals surface area contributed by atoms with Gasteiger partial charge in [-0.1, -0.05) is 60.1 Å². The van der Waals surface area contributed by atoms with E-state index >= 15 is 0 Å². The second-order valence-electron chi connectivity index (χ2n) is 18.1. The number of ether oxygens (including phenoxy) is 3. The van der Waals surface area contributed by atoms with Gasteiger partial charge in [-0.05, 0) is 104 Å². The number of aliphatic hydroxyl groups is 3. The maximum Gasteiger partial charge on any atom is 0.377 e. The molecule has 0 amide bonds. The average molecular weight is 657 g/mol. The lowest BCUT2D eigenvalue weighted by atomic mass is 9.33. The Morgan fingerprint density at radius 3 is 2.28 bits per heavy atom. The molecule has 6 rings (SSSR count). The number of rotatable bonds is 5. The maximum absolute atomic E-state index is 14.2. The molecule has 5 aliphatic carbocycles. The highest BCUT2D eigenvalue weighted by Gasteiger charge is 2.69. The van der Waals surface area contributed by atoms with Crippen molar-refractivity contribution in [3.05, 3.63) is 23.2 Å². The first-order valence-corrected chi connectivity index (χ1v) is 17.8. The van der Waals surface area contributed by atoms with Gasteiger partial charge >= 0.3 is 17.9 Å². The molecule has 6 aliphatic rings. The van der Waals surface area contributed by atoms with Crippen LogP contribution in [-0.2, 0) is 28.6 Å². The van der Waals surface area contributed by atoms with Crippen molar-refractivity contribution in [2.45, 2.75) is 138 Å². The third-order valence-electron chi connectivity index (χ3n) is 15.0. The minimum Gasteiger partial charge on any atom is -0.505 e. The van der Waals surface area contributed by atoms with Crippen LogP contribution in [0.2, 0.25) is 0 Å². The predicted molar refractivity (Wildman–Crippen MR) is 174 cm³/mol. The smallest absolute Gasteiger partial charge is 0.377 e. The highest BCUT2D eigenvalue weighted by Crippen LogP contribution is 2.76. The number of carbonyl (C=O) groups is 3. The van der Waals surface area contributed by atoms with Gasteiger partial charge in [0.05, 0.1) is 5.41 Å². The van der Waals surface area contributed by atoms with Crippen LogP contribution in [0.25, 0.3) is 0 Å². The molecule has 3 unspecified atom stereocenters. The van der Waals surface area contributed by atoms with Crippen molar-refractivity contribution in [3.63, 3.8) is 0 Å². The van der Waals surface area contributed by atoms with Crippen LogP contribution >= 0.6 is 0 Å². The number of fused-ring (bicyclic) bond motifs is 7. The Kier molecular flexibility index (Phi) is 8.02. The van der Waals surface area contributed by atoms with Crippen LogP contribution in [0, 0.1) is 50.2 Å². The molecule has 0 saturated heterocycles. The molecule has 1 heterocycles. The zero-order chi connectivity index (χ0) is 34.5. The molecule has 47 heavy (non-hydrogen) atoms. The molecule has 1 aliphatic heterocycles. The Morgan fingerprint density at radius 2 is 1.64 bits per heavy atom. The molecular formula is C38H56O9. The molecule has 0 bridgehead atoms. The van der Waals surface area contributed by atoms with Gasteiger partial charge in [0.25, 0.3) is 0 Å². The van der Waals surface area contributed by atoms with Gasteiger partial charge in [0, 0.05) is 12.3 Å². The van der Waals surface area contributed by atoms with E-state index < -0.39 is 41.7 Å². The number of carbonyl (C=O) groups excluding carboxylic acids is 3. The largest absolute Gasteiger partial charge is 0.505 e. The van der Waals surface area contributed by atoms with Gasteiger partial charge in [-0.15, -0.1) is 0 Å². The molecule has 262 valence electrons. The van der Waals surface area contributed by atoms with Crippen LogP contribution in [0.3, 0.4) is 0 Å². The molecule has 4 saturated carbocycles. The normalized spacial score (nSPS) is 44.1. The van der Waals surface area contributed by atoms with Gasteiger partial charge in [0.1, 0.15) is 18.8 Å². The van der Waals surface area contributed by atoms with Crippen LogP contribution in [0.4, 0.5) is 0 Å². The fraction of sp³-hybridized carbons (Fsp3) is 0.816. The van der Waals surface area contributed by atoms with Crippen molar-refractivity contribution < 1.29 is 43.9 Å². The first-order chi connectivity index (χ1) is 21.7. The maximum atomic E-state index is 14.2. The standard InChI is InChI=1S/C38H56O9/c1-21(39)46-27-12-13-35(6)25(34(27,4)5)11-14-37(8)26(35)10-9-22-23-19-33(2,3)15-17-38(23,18-16-36(22,37)7)32(44)45-20-24(40)30-28(41)29(42)31(43)47-30/h9,23-27,30,40-42H,10-20H2,1-8H3/t23-,24-,25?,26?,27-,30?,35-,36+,37+,38-/m0/s1. The molecule has 0 aromatic heterocycles. The summed E-state index contributed by atoms with van der Waals surface area (Å²) >= 11 is 0. The van der Waals surface area contributed by atoms with E-state index in [0.717, 1.165) is 51.4 Å². The Hall–Kier alpha value is -2.55.